The van der Waals surface area contributed by atoms with Crippen molar-refractivity contribution in [1.29, 1.82) is 0 Å². The molecule has 0 aliphatic carbocycles. The monoisotopic (exact) mass is 391 g/mol. The largest absolute Gasteiger partial charge is 0.364 e. The quantitative estimate of drug-likeness (QED) is 0.868. The second kappa shape index (κ2) is 8.97. The molecule has 5 nitrogen and oxygen atoms in total. The first-order valence-corrected chi connectivity index (χ1v) is 8.39. The van der Waals surface area contributed by atoms with E-state index in [9.17, 15) is 4.79 Å². The summed E-state index contributed by atoms with van der Waals surface area (Å²) in [6.45, 7) is 2.48. The smallest absolute Gasteiger partial charge is 0.252 e. The van der Waals surface area contributed by atoms with Gasteiger partial charge in [-0.1, -0.05) is 12.1 Å². The van der Waals surface area contributed by atoms with E-state index in [2.05, 4.69) is 11.1 Å². The van der Waals surface area contributed by atoms with Crippen LogP contribution in [0.2, 0.25) is 0 Å². The summed E-state index contributed by atoms with van der Waals surface area (Å²) in [6.07, 6.45) is 1.25. The fourth-order valence-electron chi connectivity index (χ4n) is 2.71. The molecule has 1 aromatic carbocycles. The van der Waals surface area contributed by atoms with Gasteiger partial charge in [-0.15, -0.1) is 36.2 Å². The average Bonchev–Trinajstić information content (AvgIpc) is 3.18. The number of benzene rings is 1. The van der Waals surface area contributed by atoms with E-state index >= 15 is 0 Å². The second-order valence-corrected chi connectivity index (χ2v) is 6.77. The van der Waals surface area contributed by atoms with Crippen molar-refractivity contribution in [2.45, 2.75) is 38.0 Å². The van der Waals surface area contributed by atoms with E-state index in [4.69, 9.17) is 10.5 Å². The van der Waals surface area contributed by atoms with Crippen molar-refractivity contribution in [3.8, 4) is 0 Å². The van der Waals surface area contributed by atoms with Gasteiger partial charge in [0.2, 0.25) is 0 Å². The van der Waals surface area contributed by atoms with E-state index < -0.39 is 0 Å². The van der Waals surface area contributed by atoms with Gasteiger partial charge in [-0.2, -0.15) is 0 Å². The third-order valence-electron chi connectivity index (χ3n) is 4.24. The van der Waals surface area contributed by atoms with Gasteiger partial charge in [0.25, 0.3) is 5.91 Å². The van der Waals surface area contributed by atoms with Crippen molar-refractivity contribution in [2.75, 3.05) is 13.6 Å². The van der Waals surface area contributed by atoms with Crippen LogP contribution in [0, 0.1) is 0 Å². The predicted molar refractivity (Wildman–Crippen MR) is 102 cm³/mol. The molecule has 0 bridgehead atoms. The van der Waals surface area contributed by atoms with E-state index in [0.717, 1.165) is 28.1 Å². The summed E-state index contributed by atoms with van der Waals surface area (Å²) in [6, 6.07) is 7.96. The van der Waals surface area contributed by atoms with Crippen LogP contribution in [0.25, 0.3) is 10.2 Å². The molecule has 0 spiro atoms. The third kappa shape index (κ3) is 4.18. The molecule has 1 saturated heterocycles. The molecular weight excluding hydrogens is 369 g/mol. The number of nitrogens with zero attached hydrogens (tertiary/aromatic N) is 2. The van der Waals surface area contributed by atoms with E-state index in [0.29, 0.717) is 6.54 Å². The Kier molecular flexibility index (Phi) is 7.89. The van der Waals surface area contributed by atoms with Gasteiger partial charge in [-0.05, 0) is 31.9 Å². The molecule has 3 atom stereocenters. The van der Waals surface area contributed by atoms with Gasteiger partial charge in [0.05, 0.1) is 22.4 Å². The fourth-order valence-corrected chi connectivity index (χ4v) is 3.78. The van der Waals surface area contributed by atoms with Crippen LogP contribution < -0.4 is 5.73 Å². The number of likely N-dealkylation sites (N-methyl/N-ethyl adjacent to an activating group) is 1. The zero-order valence-corrected chi connectivity index (χ0v) is 16.1. The molecular formula is C16H23Cl2N3O2S. The van der Waals surface area contributed by atoms with Crippen LogP contribution in [0.4, 0.5) is 0 Å². The average molecular weight is 392 g/mol. The van der Waals surface area contributed by atoms with Crippen molar-refractivity contribution >= 4 is 52.3 Å². The maximum absolute atomic E-state index is 12.6. The highest BCUT2D eigenvalue weighted by Gasteiger charge is 2.33. The van der Waals surface area contributed by atoms with Crippen molar-refractivity contribution < 1.29 is 9.53 Å². The first-order valence-electron chi connectivity index (χ1n) is 7.58. The number of aromatic nitrogens is 1. The Morgan fingerprint density at radius 3 is 2.75 bits per heavy atom. The number of hydrogen-bond donors (Lipinski definition) is 1. The molecule has 0 radical (unpaired) electrons. The summed E-state index contributed by atoms with van der Waals surface area (Å²) >= 11 is 1.63. The SMILES string of the molecule is CC(c1nc2ccccc2s1)N(C)C(=O)[C@@H]1CC[C@H](CN)O1.Cl.Cl. The molecule has 8 heteroatoms. The molecule has 1 amide bonds. The molecule has 0 saturated carbocycles. The van der Waals surface area contributed by atoms with E-state index in [1.807, 2.05) is 32.2 Å². The number of halogens is 2. The number of nitrogens with two attached hydrogens (primary N) is 1. The summed E-state index contributed by atoms with van der Waals surface area (Å²) in [7, 11) is 1.82. The van der Waals surface area contributed by atoms with Crippen molar-refractivity contribution in [3.63, 3.8) is 0 Å². The normalized spacial score (nSPS) is 21.0. The first-order chi connectivity index (χ1) is 10.6. The highest BCUT2D eigenvalue weighted by molar-refractivity contribution is 7.18. The Morgan fingerprint density at radius 2 is 2.12 bits per heavy atom. The lowest BCUT2D eigenvalue weighted by Crippen LogP contribution is -2.38. The number of amides is 1. The molecule has 2 heterocycles. The van der Waals surface area contributed by atoms with E-state index in [-0.39, 0.29) is 49.0 Å². The fraction of sp³-hybridized carbons (Fsp3) is 0.500. The number of rotatable bonds is 4. The number of hydrogen-bond acceptors (Lipinski definition) is 5. The van der Waals surface area contributed by atoms with E-state index in [1.165, 1.54) is 0 Å². The Hall–Kier alpha value is -0.920. The molecule has 1 aliphatic rings. The standard InChI is InChI=1S/C16H21N3O2S.2ClH/c1-10(15-18-12-5-3-4-6-14(12)22-15)19(2)16(20)13-8-7-11(9-17)21-13;;/h3-6,10-11,13H,7-9,17H2,1-2H3;2*1H/t10?,11-,13+;;/m1../s1. The van der Waals surface area contributed by atoms with Gasteiger partial charge < -0.3 is 15.4 Å². The number of para-hydroxylation sites is 1. The van der Waals surface area contributed by atoms with Crippen molar-refractivity contribution in [1.82, 2.24) is 9.88 Å². The van der Waals surface area contributed by atoms with Gasteiger partial charge in [-0.25, -0.2) is 4.98 Å². The highest BCUT2D eigenvalue weighted by Crippen LogP contribution is 2.30. The predicted octanol–water partition coefficient (Wildman–Crippen LogP) is 3.17. The van der Waals surface area contributed by atoms with Crippen LogP contribution in [0.5, 0.6) is 0 Å². The Morgan fingerprint density at radius 1 is 1.42 bits per heavy atom. The zero-order valence-electron chi connectivity index (χ0n) is 13.7. The topological polar surface area (TPSA) is 68.5 Å². The van der Waals surface area contributed by atoms with Gasteiger partial charge in [0.1, 0.15) is 11.1 Å². The summed E-state index contributed by atoms with van der Waals surface area (Å²) in [5.74, 6) is 0.0164. The lowest BCUT2D eigenvalue weighted by molar-refractivity contribution is -0.143. The number of fused-ring (bicyclic) bond motifs is 1. The molecule has 2 aromatic rings. The van der Waals surface area contributed by atoms with Crippen molar-refractivity contribution in [2.24, 2.45) is 5.73 Å². The highest BCUT2D eigenvalue weighted by atomic mass is 35.5. The number of thiazole rings is 1. The Balaban J connectivity index is 0.00000144. The summed E-state index contributed by atoms with van der Waals surface area (Å²) in [4.78, 5) is 18.9. The van der Waals surface area contributed by atoms with Gasteiger partial charge in [0.15, 0.2) is 0 Å². The minimum Gasteiger partial charge on any atom is -0.364 e. The Labute approximate surface area is 158 Å². The van der Waals surface area contributed by atoms with Gasteiger partial charge in [0, 0.05) is 13.6 Å². The second-order valence-electron chi connectivity index (χ2n) is 5.70. The third-order valence-corrected chi connectivity index (χ3v) is 5.45. The molecule has 1 unspecified atom stereocenters. The van der Waals surface area contributed by atoms with Crippen LogP contribution in [-0.4, -0.2) is 41.6 Å². The van der Waals surface area contributed by atoms with Crippen LogP contribution in [-0.2, 0) is 9.53 Å². The minimum absolute atomic E-state index is 0. The number of carbonyl (C=O) groups is 1. The lowest BCUT2D eigenvalue weighted by atomic mass is 10.1. The van der Waals surface area contributed by atoms with Crippen LogP contribution in [0.3, 0.4) is 0 Å². The maximum atomic E-state index is 12.6. The van der Waals surface area contributed by atoms with Crippen LogP contribution in [0.15, 0.2) is 24.3 Å². The van der Waals surface area contributed by atoms with Crippen LogP contribution >= 0.6 is 36.2 Å². The van der Waals surface area contributed by atoms with Gasteiger partial charge in [-0.3, -0.25) is 4.79 Å². The molecule has 1 aromatic heterocycles. The van der Waals surface area contributed by atoms with E-state index in [1.54, 1.807) is 16.2 Å². The minimum atomic E-state index is -0.365. The number of ether oxygens (including phenoxy) is 1. The van der Waals surface area contributed by atoms with Crippen LogP contribution in [0.1, 0.15) is 30.8 Å². The van der Waals surface area contributed by atoms with Gasteiger partial charge >= 0.3 is 0 Å². The molecule has 2 N–H and O–H groups in total. The molecule has 1 aliphatic heterocycles. The summed E-state index contributed by atoms with van der Waals surface area (Å²) in [5.41, 5.74) is 6.59. The maximum Gasteiger partial charge on any atom is 0.252 e. The molecule has 1 fully saturated rings. The summed E-state index contributed by atoms with van der Waals surface area (Å²) < 4.78 is 6.85. The molecule has 3 rings (SSSR count). The number of carbonyl (C=O) groups excluding carboxylic acids is 1. The summed E-state index contributed by atoms with van der Waals surface area (Å²) in [5, 5.41) is 0.949. The first kappa shape index (κ1) is 21.1. The molecule has 134 valence electrons. The lowest BCUT2D eigenvalue weighted by Gasteiger charge is -2.26. The zero-order chi connectivity index (χ0) is 15.7. The van der Waals surface area contributed by atoms with Crippen molar-refractivity contribution in [3.05, 3.63) is 29.3 Å². The Bertz CT molecular complexity index is 649. The molecule has 24 heavy (non-hydrogen) atoms.